The number of nitrogens with zero attached hydrogens (tertiary/aromatic N) is 2. The molecule has 0 radical (unpaired) electrons. The highest BCUT2D eigenvalue weighted by molar-refractivity contribution is 14.1. The van der Waals surface area contributed by atoms with Crippen LogP contribution in [-0.4, -0.2) is 9.97 Å². The van der Waals surface area contributed by atoms with Crippen molar-refractivity contribution in [2.45, 2.75) is 0 Å². The molecule has 2 aromatic heterocycles. The molecule has 0 spiro atoms. The molecule has 0 amide bonds. The van der Waals surface area contributed by atoms with Gasteiger partial charge in [0.25, 0.3) is 0 Å². The second kappa shape index (κ2) is 4.69. The number of hydrogen-bond acceptors (Lipinski definition) is 5. The van der Waals surface area contributed by atoms with Crippen molar-refractivity contribution >= 4 is 61.6 Å². The molecule has 0 unspecified atom stereocenters. The number of halogens is 1. The predicted molar refractivity (Wildman–Crippen MR) is 84.3 cm³/mol. The average Bonchev–Trinajstić information content (AvgIpc) is 2.80. The summed E-state index contributed by atoms with van der Waals surface area (Å²) in [5.41, 5.74) is 6.74. The Balaban J connectivity index is 2.10. The SMILES string of the molecule is Nc1nc(Nc2ccccc2I)c2ccsc2n1. The van der Waals surface area contributed by atoms with Crippen LogP contribution in [0.25, 0.3) is 10.2 Å². The Labute approximate surface area is 121 Å². The first-order valence-corrected chi connectivity index (χ1v) is 7.22. The summed E-state index contributed by atoms with van der Waals surface area (Å²) in [4.78, 5) is 9.37. The van der Waals surface area contributed by atoms with Crippen LogP contribution in [0.1, 0.15) is 0 Å². The molecule has 0 bridgehead atoms. The zero-order valence-corrected chi connectivity index (χ0v) is 12.2. The van der Waals surface area contributed by atoms with Crippen LogP contribution in [0.2, 0.25) is 0 Å². The second-order valence-corrected chi connectivity index (χ2v) is 5.73. The van der Waals surface area contributed by atoms with Crippen LogP contribution >= 0.6 is 33.9 Å². The maximum atomic E-state index is 5.72. The molecule has 2 heterocycles. The van der Waals surface area contributed by atoms with Crippen LogP contribution in [-0.2, 0) is 0 Å². The van der Waals surface area contributed by atoms with E-state index in [2.05, 4.69) is 37.9 Å². The van der Waals surface area contributed by atoms with Gasteiger partial charge in [0, 0.05) is 3.57 Å². The van der Waals surface area contributed by atoms with E-state index in [4.69, 9.17) is 5.73 Å². The molecule has 0 saturated heterocycles. The molecule has 0 aliphatic carbocycles. The lowest BCUT2D eigenvalue weighted by molar-refractivity contribution is 1.24. The number of thiophene rings is 1. The first kappa shape index (κ1) is 11.7. The van der Waals surface area contributed by atoms with Gasteiger partial charge in [-0.2, -0.15) is 4.98 Å². The maximum absolute atomic E-state index is 5.72. The van der Waals surface area contributed by atoms with E-state index in [9.17, 15) is 0 Å². The highest BCUT2D eigenvalue weighted by Gasteiger charge is 2.08. The molecule has 3 aromatic rings. The summed E-state index contributed by atoms with van der Waals surface area (Å²) in [5, 5.41) is 6.29. The summed E-state index contributed by atoms with van der Waals surface area (Å²) < 4.78 is 1.13. The number of rotatable bonds is 2. The fourth-order valence-corrected chi connectivity index (χ4v) is 2.95. The molecule has 0 aliphatic heterocycles. The van der Waals surface area contributed by atoms with Crippen molar-refractivity contribution in [2.24, 2.45) is 0 Å². The molecule has 0 aliphatic rings. The van der Waals surface area contributed by atoms with E-state index in [1.54, 1.807) is 11.3 Å². The Bertz CT molecular complexity index is 710. The smallest absolute Gasteiger partial charge is 0.223 e. The summed E-state index contributed by atoms with van der Waals surface area (Å²) in [6, 6.07) is 10.0. The van der Waals surface area contributed by atoms with Gasteiger partial charge in [-0.25, -0.2) is 4.98 Å². The van der Waals surface area contributed by atoms with Crippen molar-refractivity contribution in [3.63, 3.8) is 0 Å². The minimum atomic E-state index is 0.290. The third-order valence-corrected chi connectivity index (χ3v) is 4.22. The lowest BCUT2D eigenvalue weighted by Gasteiger charge is -2.08. The van der Waals surface area contributed by atoms with Crippen molar-refractivity contribution in [2.75, 3.05) is 11.1 Å². The number of aromatic nitrogens is 2. The Hall–Kier alpha value is -1.41. The molecule has 4 nitrogen and oxygen atoms in total. The molecule has 1 aromatic carbocycles. The van der Waals surface area contributed by atoms with Gasteiger partial charge in [-0.05, 0) is 46.2 Å². The normalized spacial score (nSPS) is 10.7. The Morgan fingerprint density at radius 3 is 2.83 bits per heavy atom. The predicted octanol–water partition coefficient (Wildman–Crippen LogP) is 3.62. The third-order valence-electron chi connectivity index (χ3n) is 2.47. The van der Waals surface area contributed by atoms with Gasteiger partial charge in [-0.1, -0.05) is 12.1 Å². The number of hydrogen-bond donors (Lipinski definition) is 2. The summed E-state index contributed by atoms with van der Waals surface area (Å²) in [5.74, 6) is 1.04. The topological polar surface area (TPSA) is 63.8 Å². The van der Waals surface area contributed by atoms with E-state index >= 15 is 0 Å². The number of para-hydroxylation sites is 1. The van der Waals surface area contributed by atoms with Gasteiger partial charge in [-0.15, -0.1) is 11.3 Å². The van der Waals surface area contributed by atoms with E-state index in [1.165, 1.54) is 0 Å². The fourth-order valence-electron chi connectivity index (χ4n) is 1.66. The summed E-state index contributed by atoms with van der Waals surface area (Å²) >= 11 is 3.84. The summed E-state index contributed by atoms with van der Waals surface area (Å²) in [6.45, 7) is 0. The Morgan fingerprint density at radius 1 is 1.17 bits per heavy atom. The minimum absolute atomic E-state index is 0.290. The van der Waals surface area contributed by atoms with E-state index in [0.717, 1.165) is 25.3 Å². The van der Waals surface area contributed by atoms with Crippen LogP contribution in [0, 0.1) is 3.57 Å². The van der Waals surface area contributed by atoms with Crippen LogP contribution in [0.5, 0.6) is 0 Å². The molecule has 6 heteroatoms. The van der Waals surface area contributed by atoms with Crippen LogP contribution < -0.4 is 11.1 Å². The number of benzene rings is 1. The zero-order valence-electron chi connectivity index (χ0n) is 9.22. The van der Waals surface area contributed by atoms with Crippen molar-refractivity contribution in [1.82, 2.24) is 9.97 Å². The average molecular weight is 368 g/mol. The van der Waals surface area contributed by atoms with Gasteiger partial charge in [0.2, 0.25) is 5.95 Å². The number of fused-ring (bicyclic) bond motifs is 1. The first-order chi connectivity index (χ1) is 8.74. The van der Waals surface area contributed by atoms with Gasteiger partial charge in [0.15, 0.2) is 0 Å². The molecule has 0 atom stereocenters. The summed E-state index contributed by atoms with van der Waals surface area (Å²) in [6.07, 6.45) is 0. The fraction of sp³-hybridized carbons (Fsp3) is 0. The van der Waals surface area contributed by atoms with Gasteiger partial charge in [0.1, 0.15) is 10.6 Å². The van der Waals surface area contributed by atoms with Crippen molar-refractivity contribution in [3.05, 3.63) is 39.3 Å². The Kier molecular flexibility index (Phi) is 3.04. The third kappa shape index (κ3) is 2.13. The van der Waals surface area contributed by atoms with Crippen molar-refractivity contribution in [1.29, 1.82) is 0 Å². The molecule has 3 N–H and O–H groups in total. The summed E-state index contributed by atoms with van der Waals surface area (Å²) in [7, 11) is 0. The van der Waals surface area contributed by atoms with Gasteiger partial charge in [-0.3, -0.25) is 0 Å². The quantitative estimate of drug-likeness (QED) is 0.679. The highest BCUT2D eigenvalue weighted by Crippen LogP contribution is 2.29. The van der Waals surface area contributed by atoms with E-state index in [0.29, 0.717) is 5.95 Å². The van der Waals surface area contributed by atoms with Gasteiger partial charge in [0.05, 0.1) is 11.1 Å². The molecular formula is C12H9IN4S. The standard InChI is InChI=1S/C12H9IN4S/c13-8-3-1-2-4-9(8)15-10-7-5-6-18-11(7)17-12(14)16-10/h1-6H,(H3,14,15,16,17). The largest absolute Gasteiger partial charge is 0.368 e. The Morgan fingerprint density at radius 2 is 2.00 bits per heavy atom. The lowest BCUT2D eigenvalue weighted by atomic mass is 10.3. The first-order valence-electron chi connectivity index (χ1n) is 5.26. The van der Waals surface area contributed by atoms with Crippen molar-refractivity contribution < 1.29 is 0 Å². The van der Waals surface area contributed by atoms with Crippen molar-refractivity contribution in [3.8, 4) is 0 Å². The number of nitrogens with two attached hydrogens (primary N) is 1. The van der Waals surface area contributed by atoms with E-state index < -0.39 is 0 Å². The van der Waals surface area contributed by atoms with Crippen LogP contribution in [0.4, 0.5) is 17.5 Å². The maximum Gasteiger partial charge on any atom is 0.223 e. The lowest BCUT2D eigenvalue weighted by Crippen LogP contribution is -2.01. The molecule has 18 heavy (non-hydrogen) atoms. The number of nitrogens with one attached hydrogen (secondary N) is 1. The van der Waals surface area contributed by atoms with Crippen LogP contribution in [0.3, 0.4) is 0 Å². The van der Waals surface area contributed by atoms with E-state index in [-0.39, 0.29) is 0 Å². The zero-order chi connectivity index (χ0) is 12.5. The molecule has 3 rings (SSSR count). The second-order valence-electron chi connectivity index (χ2n) is 3.67. The molecule has 0 saturated carbocycles. The van der Waals surface area contributed by atoms with Crippen LogP contribution in [0.15, 0.2) is 35.7 Å². The van der Waals surface area contributed by atoms with E-state index in [1.807, 2.05) is 35.7 Å². The monoisotopic (exact) mass is 368 g/mol. The minimum Gasteiger partial charge on any atom is -0.368 e. The highest BCUT2D eigenvalue weighted by atomic mass is 127. The molecule has 0 fully saturated rings. The number of nitrogen functional groups attached to an aromatic ring is 1. The molecule has 90 valence electrons. The van der Waals surface area contributed by atoms with Gasteiger partial charge >= 0.3 is 0 Å². The molecular weight excluding hydrogens is 359 g/mol. The van der Waals surface area contributed by atoms with Gasteiger partial charge < -0.3 is 11.1 Å². The number of anilines is 3.